The van der Waals surface area contributed by atoms with E-state index in [2.05, 4.69) is 15.9 Å². The minimum absolute atomic E-state index is 0.263. The predicted octanol–water partition coefficient (Wildman–Crippen LogP) is 3.51. The minimum atomic E-state index is -1.33. The van der Waals surface area contributed by atoms with Gasteiger partial charge in [0.05, 0.1) is 11.4 Å². The van der Waals surface area contributed by atoms with Crippen LogP contribution < -0.4 is 0 Å². The molecular formula is C10H13BrCl2O2. The molecule has 0 saturated carbocycles. The summed E-state index contributed by atoms with van der Waals surface area (Å²) in [4.78, 5) is 0. The number of hydrogen-bond donors (Lipinski definition) is 1. The van der Waals surface area contributed by atoms with Crippen LogP contribution in [0, 0.1) is 0 Å². The molecule has 5 heteroatoms. The summed E-state index contributed by atoms with van der Waals surface area (Å²) in [6.07, 6.45) is 0.291. The summed E-state index contributed by atoms with van der Waals surface area (Å²) in [7, 11) is 0. The molecule has 0 amide bonds. The van der Waals surface area contributed by atoms with E-state index in [1.807, 2.05) is 6.92 Å². The van der Waals surface area contributed by atoms with Crippen LogP contribution in [0.1, 0.15) is 20.3 Å². The van der Waals surface area contributed by atoms with Gasteiger partial charge in [-0.3, -0.25) is 0 Å². The highest BCUT2D eigenvalue weighted by Crippen LogP contribution is 2.37. The van der Waals surface area contributed by atoms with Crippen LogP contribution in [0.5, 0.6) is 0 Å². The van der Waals surface area contributed by atoms with Crippen LogP contribution in [0.3, 0.4) is 0 Å². The molecule has 1 heterocycles. The van der Waals surface area contributed by atoms with Crippen LogP contribution in [0.15, 0.2) is 21.7 Å². The maximum Gasteiger partial charge on any atom is 0.199 e. The second-order valence-corrected chi connectivity index (χ2v) is 4.85. The molecule has 2 nitrogen and oxygen atoms in total. The fraction of sp³-hybridized carbons (Fsp3) is 0.600. The van der Waals surface area contributed by atoms with E-state index in [1.54, 1.807) is 6.92 Å². The molecule has 0 bridgehead atoms. The fourth-order valence-electron chi connectivity index (χ4n) is 1.35. The van der Waals surface area contributed by atoms with Gasteiger partial charge in [-0.1, -0.05) is 39.1 Å². The van der Waals surface area contributed by atoms with E-state index in [9.17, 15) is 5.11 Å². The molecule has 0 fully saturated rings. The summed E-state index contributed by atoms with van der Waals surface area (Å²) in [5.74, 6) is -1.33. The van der Waals surface area contributed by atoms with Crippen molar-refractivity contribution in [2.75, 3.05) is 5.33 Å². The number of ether oxygens (including phenoxy) is 1. The highest BCUT2D eigenvalue weighted by molar-refractivity contribution is 9.09. The predicted molar refractivity (Wildman–Crippen MR) is 66.4 cm³/mol. The van der Waals surface area contributed by atoms with E-state index in [0.717, 1.165) is 5.57 Å². The summed E-state index contributed by atoms with van der Waals surface area (Å²) in [6.45, 7) is 3.61. The molecule has 0 spiro atoms. The Morgan fingerprint density at radius 1 is 1.80 bits per heavy atom. The minimum Gasteiger partial charge on any atom is -0.361 e. The van der Waals surface area contributed by atoms with Crippen molar-refractivity contribution in [3.05, 3.63) is 21.7 Å². The van der Waals surface area contributed by atoms with Gasteiger partial charge in [0, 0.05) is 22.6 Å². The van der Waals surface area contributed by atoms with E-state index >= 15 is 0 Å². The Morgan fingerprint density at radius 2 is 2.40 bits per heavy atom. The van der Waals surface area contributed by atoms with Gasteiger partial charge in [0.15, 0.2) is 5.79 Å². The second kappa shape index (κ2) is 5.19. The van der Waals surface area contributed by atoms with Crippen LogP contribution >= 0.6 is 39.1 Å². The highest BCUT2D eigenvalue weighted by atomic mass is 79.9. The number of rotatable bonds is 2. The molecule has 2 atom stereocenters. The molecular weight excluding hydrogens is 303 g/mol. The van der Waals surface area contributed by atoms with Gasteiger partial charge in [-0.05, 0) is 19.4 Å². The van der Waals surface area contributed by atoms with Crippen molar-refractivity contribution in [1.82, 2.24) is 0 Å². The number of hydrogen-bond acceptors (Lipinski definition) is 2. The molecule has 0 aromatic heterocycles. The summed E-state index contributed by atoms with van der Waals surface area (Å²) < 4.78 is 5.57. The first-order chi connectivity index (χ1) is 6.94. The lowest BCUT2D eigenvalue weighted by atomic mass is 9.99. The SMILES string of the molecule is CC1=C(Cl)C[C@H](/C(C)=C\Cl)O[C@]1(O)CBr. The lowest BCUT2D eigenvalue weighted by molar-refractivity contribution is -0.185. The zero-order valence-corrected chi connectivity index (χ0v) is 11.7. The Morgan fingerprint density at radius 3 is 2.87 bits per heavy atom. The molecule has 0 aromatic rings. The molecule has 1 aliphatic heterocycles. The first-order valence-corrected chi connectivity index (χ1v) is 6.47. The molecule has 1 rings (SSSR count). The maximum absolute atomic E-state index is 10.2. The molecule has 0 unspecified atom stereocenters. The second-order valence-electron chi connectivity index (χ2n) is 3.61. The summed E-state index contributed by atoms with van der Waals surface area (Å²) >= 11 is 14.9. The van der Waals surface area contributed by atoms with Crippen LogP contribution in [0.4, 0.5) is 0 Å². The van der Waals surface area contributed by atoms with Gasteiger partial charge in [-0.2, -0.15) is 0 Å². The van der Waals surface area contributed by atoms with Gasteiger partial charge in [0.1, 0.15) is 0 Å². The smallest absolute Gasteiger partial charge is 0.199 e. The van der Waals surface area contributed by atoms with Crippen molar-refractivity contribution in [1.29, 1.82) is 0 Å². The molecule has 1 aliphatic rings. The Labute approximate surface area is 108 Å². The monoisotopic (exact) mass is 314 g/mol. The van der Waals surface area contributed by atoms with Crippen molar-refractivity contribution in [3.8, 4) is 0 Å². The summed E-state index contributed by atoms with van der Waals surface area (Å²) in [6, 6.07) is 0. The van der Waals surface area contributed by atoms with Crippen molar-refractivity contribution in [2.45, 2.75) is 32.2 Å². The van der Waals surface area contributed by atoms with Crippen LogP contribution in [0.25, 0.3) is 0 Å². The molecule has 15 heavy (non-hydrogen) atoms. The Kier molecular flexibility index (Phi) is 4.68. The first-order valence-electron chi connectivity index (χ1n) is 4.53. The third-order valence-electron chi connectivity index (χ3n) is 2.56. The van der Waals surface area contributed by atoms with Crippen LogP contribution in [-0.2, 0) is 4.74 Å². The largest absolute Gasteiger partial charge is 0.361 e. The van der Waals surface area contributed by atoms with Crippen molar-refractivity contribution >= 4 is 39.1 Å². The van der Waals surface area contributed by atoms with Gasteiger partial charge < -0.3 is 9.84 Å². The topological polar surface area (TPSA) is 29.5 Å². The van der Waals surface area contributed by atoms with Gasteiger partial charge in [0.25, 0.3) is 0 Å². The Bertz CT molecular complexity index is 315. The van der Waals surface area contributed by atoms with E-state index in [-0.39, 0.29) is 11.4 Å². The Balaban J connectivity index is 3.00. The molecule has 0 radical (unpaired) electrons. The van der Waals surface area contributed by atoms with Crippen molar-refractivity contribution in [3.63, 3.8) is 0 Å². The highest BCUT2D eigenvalue weighted by Gasteiger charge is 2.38. The molecule has 0 aliphatic carbocycles. The van der Waals surface area contributed by atoms with Crippen LogP contribution in [-0.4, -0.2) is 22.3 Å². The number of aliphatic hydroxyl groups is 1. The lowest BCUT2D eigenvalue weighted by Gasteiger charge is -2.37. The maximum atomic E-state index is 10.2. The molecule has 86 valence electrons. The van der Waals surface area contributed by atoms with E-state index in [4.69, 9.17) is 27.9 Å². The van der Waals surface area contributed by atoms with E-state index in [0.29, 0.717) is 17.0 Å². The molecule has 1 N–H and O–H groups in total. The third kappa shape index (κ3) is 2.77. The number of halogens is 3. The fourth-order valence-corrected chi connectivity index (χ4v) is 2.33. The summed E-state index contributed by atoms with van der Waals surface area (Å²) in [5.41, 5.74) is 2.95. The van der Waals surface area contributed by atoms with Gasteiger partial charge in [-0.15, -0.1) is 0 Å². The van der Waals surface area contributed by atoms with Crippen molar-refractivity contribution < 1.29 is 9.84 Å². The van der Waals surface area contributed by atoms with Gasteiger partial charge >= 0.3 is 0 Å². The number of alkyl halides is 1. The van der Waals surface area contributed by atoms with E-state index < -0.39 is 5.79 Å². The van der Waals surface area contributed by atoms with Crippen molar-refractivity contribution in [2.24, 2.45) is 0 Å². The lowest BCUT2D eigenvalue weighted by Crippen LogP contribution is -2.43. The zero-order chi connectivity index (χ0) is 11.6. The summed E-state index contributed by atoms with van der Waals surface area (Å²) in [5, 5.41) is 11.1. The van der Waals surface area contributed by atoms with E-state index in [1.165, 1.54) is 5.54 Å². The van der Waals surface area contributed by atoms with Gasteiger partial charge in [-0.25, -0.2) is 0 Å². The third-order valence-corrected chi connectivity index (χ3v) is 4.10. The normalized spacial score (nSPS) is 33.5. The average molecular weight is 316 g/mol. The van der Waals surface area contributed by atoms with Gasteiger partial charge in [0.2, 0.25) is 0 Å². The molecule has 0 aromatic carbocycles. The Hall–Kier alpha value is 0.460. The standard InChI is InChI=1S/C10H13BrCl2O2/c1-6(4-12)9-3-8(13)7(2)10(14,5-11)15-9/h4,9,14H,3,5H2,1-2H3/b6-4-/t9-,10-/m1/s1. The zero-order valence-electron chi connectivity index (χ0n) is 8.56. The van der Waals surface area contributed by atoms with Crippen LogP contribution in [0.2, 0.25) is 0 Å². The molecule has 0 saturated heterocycles. The average Bonchev–Trinajstić information content (AvgIpc) is 2.24. The quantitative estimate of drug-likeness (QED) is 0.790. The first kappa shape index (κ1) is 13.5.